The molecule has 17 heavy (non-hydrogen) atoms. The van der Waals surface area contributed by atoms with Crippen LogP contribution in [-0.4, -0.2) is 36.9 Å². The molecule has 5 nitrogen and oxygen atoms in total. The molecule has 2 heterocycles. The van der Waals surface area contributed by atoms with Crippen LogP contribution in [0.25, 0.3) is 11.0 Å². The summed E-state index contributed by atoms with van der Waals surface area (Å²) in [5.74, 6) is 0.765. The molecule has 82 valence electrons. The van der Waals surface area contributed by atoms with Crippen molar-refractivity contribution in [2.24, 2.45) is 4.99 Å². The standard InChI is InChI=1S/C11H10BN5/c12-7-1-2-8(17-11-15-5-6-16-11)10-9(7)13-3-4-14-10/h1-4H,5-6H2,(H2,15,16,17). The van der Waals surface area contributed by atoms with E-state index in [1.807, 2.05) is 12.1 Å². The fraction of sp³-hybridized carbons (Fsp3) is 0.182. The molecule has 1 aliphatic heterocycles. The monoisotopic (exact) mass is 223 g/mol. The van der Waals surface area contributed by atoms with Gasteiger partial charge in [-0.3, -0.25) is 15.0 Å². The number of rotatable bonds is 1. The van der Waals surface area contributed by atoms with Crippen molar-refractivity contribution in [1.29, 1.82) is 0 Å². The minimum absolute atomic E-state index is 0.625. The first-order valence-electron chi connectivity index (χ1n) is 5.39. The van der Waals surface area contributed by atoms with Crippen LogP contribution in [0.4, 0.5) is 5.69 Å². The van der Waals surface area contributed by atoms with Gasteiger partial charge in [0.25, 0.3) is 0 Å². The first-order chi connectivity index (χ1) is 8.34. The van der Waals surface area contributed by atoms with Gasteiger partial charge in [0.1, 0.15) is 13.4 Å². The molecule has 1 aliphatic rings. The molecule has 2 radical (unpaired) electrons. The van der Waals surface area contributed by atoms with E-state index in [0.29, 0.717) is 11.0 Å². The van der Waals surface area contributed by atoms with Crippen LogP contribution in [-0.2, 0) is 0 Å². The lowest BCUT2D eigenvalue weighted by molar-refractivity contribution is 0.959. The Kier molecular flexibility index (Phi) is 2.40. The van der Waals surface area contributed by atoms with E-state index in [1.165, 1.54) is 0 Å². The number of aliphatic imine (C=N–C) groups is 1. The molecule has 1 aromatic heterocycles. The number of hydrogen-bond acceptors (Lipinski definition) is 5. The maximum atomic E-state index is 5.86. The lowest BCUT2D eigenvalue weighted by Gasteiger charge is -2.10. The van der Waals surface area contributed by atoms with Crippen LogP contribution in [0.1, 0.15) is 0 Å². The Morgan fingerprint density at radius 1 is 1.18 bits per heavy atom. The van der Waals surface area contributed by atoms with E-state index in [9.17, 15) is 0 Å². The molecule has 0 fully saturated rings. The van der Waals surface area contributed by atoms with Gasteiger partial charge in [-0.05, 0) is 6.07 Å². The predicted molar refractivity (Wildman–Crippen MR) is 68.9 cm³/mol. The van der Waals surface area contributed by atoms with Crippen molar-refractivity contribution in [2.75, 3.05) is 18.4 Å². The Bertz CT molecular complexity index is 595. The third-order valence-electron chi connectivity index (χ3n) is 2.58. The molecule has 0 saturated carbocycles. The topological polar surface area (TPSA) is 62.2 Å². The minimum atomic E-state index is 0.625. The fourth-order valence-corrected chi connectivity index (χ4v) is 1.79. The van der Waals surface area contributed by atoms with E-state index in [-0.39, 0.29) is 0 Å². The van der Waals surface area contributed by atoms with Gasteiger partial charge < -0.3 is 10.6 Å². The smallest absolute Gasteiger partial charge is 0.195 e. The summed E-state index contributed by atoms with van der Waals surface area (Å²) in [6, 6.07) is 3.70. The minimum Gasteiger partial charge on any atom is -0.354 e. The molecule has 6 heteroatoms. The lowest BCUT2D eigenvalue weighted by Crippen LogP contribution is -2.26. The quantitative estimate of drug-likeness (QED) is 0.657. The van der Waals surface area contributed by atoms with Gasteiger partial charge in [-0.1, -0.05) is 11.5 Å². The molecule has 0 bridgehead atoms. The Morgan fingerprint density at radius 3 is 2.76 bits per heavy atom. The number of aromatic nitrogens is 2. The lowest BCUT2D eigenvalue weighted by atomic mass is 9.94. The van der Waals surface area contributed by atoms with Crippen LogP contribution >= 0.6 is 0 Å². The van der Waals surface area contributed by atoms with Gasteiger partial charge >= 0.3 is 0 Å². The molecule has 0 amide bonds. The Morgan fingerprint density at radius 2 is 2.00 bits per heavy atom. The van der Waals surface area contributed by atoms with Gasteiger partial charge in [0.15, 0.2) is 5.96 Å². The number of benzene rings is 1. The highest BCUT2D eigenvalue weighted by Gasteiger charge is 2.09. The molecule has 0 saturated heterocycles. The average molecular weight is 223 g/mol. The predicted octanol–water partition coefficient (Wildman–Crippen LogP) is -0.205. The molecular formula is C11H10BN5. The highest BCUT2D eigenvalue weighted by molar-refractivity contribution is 6.38. The van der Waals surface area contributed by atoms with Crippen LogP contribution in [0.2, 0.25) is 0 Å². The molecule has 2 N–H and O–H groups in total. The molecule has 0 unspecified atom stereocenters. The van der Waals surface area contributed by atoms with Crippen molar-refractivity contribution < 1.29 is 0 Å². The van der Waals surface area contributed by atoms with Crippen molar-refractivity contribution in [3.05, 3.63) is 24.5 Å². The van der Waals surface area contributed by atoms with Gasteiger partial charge in [-0.2, -0.15) is 0 Å². The van der Waals surface area contributed by atoms with Gasteiger partial charge in [0.2, 0.25) is 0 Å². The normalized spacial score (nSPS) is 14.5. The van der Waals surface area contributed by atoms with Crippen molar-refractivity contribution >= 4 is 36.0 Å². The van der Waals surface area contributed by atoms with Crippen molar-refractivity contribution in [2.45, 2.75) is 0 Å². The van der Waals surface area contributed by atoms with Crippen LogP contribution in [0.3, 0.4) is 0 Å². The Hall–Kier alpha value is -2.11. The summed E-state index contributed by atoms with van der Waals surface area (Å²) in [6.45, 7) is 1.65. The summed E-state index contributed by atoms with van der Waals surface area (Å²) in [5.41, 5.74) is 2.94. The maximum absolute atomic E-state index is 5.86. The van der Waals surface area contributed by atoms with E-state index in [1.54, 1.807) is 12.4 Å². The fourth-order valence-electron chi connectivity index (χ4n) is 1.79. The molecule has 0 aliphatic carbocycles. The Balaban J connectivity index is 2.07. The summed E-state index contributed by atoms with van der Waals surface area (Å²) < 4.78 is 0. The number of fused-ring (bicyclic) bond motifs is 1. The van der Waals surface area contributed by atoms with E-state index in [2.05, 4.69) is 25.6 Å². The maximum Gasteiger partial charge on any atom is 0.195 e. The highest BCUT2D eigenvalue weighted by atomic mass is 15.2. The average Bonchev–Trinajstić information content (AvgIpc) is 2.86. The second-order valence-corrected chi connectivity index (χ2v) is 3.74. The zero-order valence-electron chi connectivity index (χ0n) is 9.14. The summed E-state index contributed by atoms with van der Waals surface area (Å²) in [5, 5.41) is 6.34. The second-order valence-electron chi connectivity index (χ2n) is 3.74. The molecule has 2 aromatic rings. The van der Waals surface area contributed by atoms with Gasteiger partial charge in [-0.25, -0.2) is 0 Å². The van der Waals surface area contributed by atoms with Crippen LogP contribution < -0.4 is 16.1 Å². The summed E-state index contributed by atoms with van der Waals surface area (Å²) in [7, 11) is 5.86. The van der Waals surface area contributed by atoms with Crippen LogP contribution in [0.5, 0.6) is 0 Å². The van der Waals surface area contributed by atoms with Crippen molar-refractivity contribution in [3.8, 4) is 0 Å². The van der Waals surface area contributed by atoms with Crippen LogP contribution in [0.15, 0.2) is 29.5 Å². The van der Waals surface area contributed by atoms with E-state index < -0.39 is 0 Å². The first-order valence-corrected chi connectivity index (χ1v) is 5.39. The van der Waals surface area contributed by atoms with Crippen molar-refractivity contribution in [1.82, 2.24) is 15.3 Å². The zero-order valence-corrected chi connectivity index (χ0v) is 9.14. The molecule has 3 rings (SSSR count). The molecule has 0 atom stereocenters. The molecular weight excluding hydrogens is 213 g/mol. The van der Waals surface area contributed by atoms with Crippen LogP contribution in [0, 0.1) is 0 Å². The summed E-state index contributed by atoms with van der Waals surface area (Å²) >= 11 is 0. The number of anilines is 1. The second kappa shape index (κ2) is 4.05. The third kappa shape index (κ3) is 1.82. The number of nitrogens with one attached hydrogen (secondary N) is 2. The van der Waals surface area contributed by atoms with E-state index in [4.69, 9.17) is 7.85 Å². The number of nitrogens with zero attached hydrogens (tertiary/aromatic N) is 3. The van der Waals surface area contributed by atoms with Gasteiger partial charge in [-0.15, -0.1) is 0 Å². The first kappa shape index (κ1) is 10.1. The summed E-state index contributed by atoms with van der Waals surface area (Å²) in [4.78, 5) is 12.8. The highest BCUT2D eigenvalue weighted by Crippen LogP contribution is 2.17. The number of hydrogen-bond donors (Lipinski definition) is 2. The Labute approximate surface area is 99.8 Å². The largest absolute Gasteiger partial charge is 0.354 e. The summed E-state index contributed by atoms with van der Waals surface area (Å²) in [6.07, 6.45) is 3.28. The van der Waals surface area contributed by atoms with E-state index in [0.717, 1.165) is 30.3 Å². The zero-order chi connectivity index (χ0) is 11.7. The third-order valence-corrected chi connectivity index (χ3v) is 2.58. The molecule has 0 spiro atoms. The molecule has 1 aromatic carbocycles. The van der Waals surface area contributed by atoms with Crippen molar-refractivity contribution in [3.63, 3.8) is 0 Å². The van der Waals surface area contributed by atoms with Gasteiger partial charge in [0.05, 0.1) is 17.7 Å². The SMILES string of the molecule is [B]c1ccc(NC2=NCCN2)c2nccnc12. The number of guanidine groups is 1. The van der Waals surface area contributed by atoms with Gasteiger partial charge in [0, 0.05) is 18.9 Å². The van der Waals surface area contributed by atoms with E-state index >= 15 is 0 Å².